The van der Waals surface area contributed by atoms with Crippen LogP contribution in [0.4, 0.5) is 0 Å². The molecule has 0 radical (unpaired) electrons. The van der Waals surface area contributed by atoms with Crippen molar-refractivity contribution in [3.05, 3.63) is 29.8 Å². The zero-order valence-electron chi connectivity index (χ0n) is 11.6. The fourth-order valence-electron chi connectivity index (χ4n) is 2.26. The van der Waals surface area contributed by atoms with Gasteiger partial charge in [-0.1, -0.05) is 35.3 Å². The number of carbonyl (C=O) groups is 2. The molecule has 0 saturated carbocycles. The van der Waals surface area contributed by atoms with Crippen molar-refractivity contribution in [2.75, 3.05) is 33.3 Å². The summed E-state index contributed by atoms with van der Waals surface area (Å²) in [5.74, 6) is 0.123. The van der Waals surface area contributed by atoms with Crippen LogP contribution in [0.5, 0.6) is 5.75 Å². The molecule has 1 fully saturated rings. The van der Waals surface area contributed by atoms with Crippen molar-refractivity contribution in [3.63, 3.8) is 0 Å². The summed E-state index contributed by atoms with van der Waals surface area (Å²) in [7, 11) is 1.53. The van der Waals surface area contributed by atoms with E-state index in [2.05, 4.69) is 0 Å². The Kier molecular flexibility index (Phi) is 5.31. The van der Waals surface area contributed by atoms with Gasteiger partial charge in [0.15, 0.2) is 4.84 Å². The summed E-state index contributed by atoms with van der Waals surface area (Å²) in [4.78, 5) is 26.4. The number of halogens is 2. The lowest BCUT2D eigenvalue weighted by Crippen LogP contribution is -2.51. The van der Waals surface area contributed by atoms with Crippen LogP contribution in [0, 0.1) is 0 Å². The van der Waals surface area contributed by atoms with Gasteiger partial charge in [-0.05, 0) is 12.1 Å². The summed E-state index contributed by atoms with van der Waals surface area (Å²) < 4.78 is 5.20. The molecule has 0 atom stereocenters. The van der Waals surface area contributed by atoms with E-state index >= 15 is 0 Å². The van der Waals surface area contributed by atoms with Crippen molar-refractivity contribution < 1.29 is 14.3 Å². The summed E-state index contributed by atoms with van der Waals surface area (Å²) >= 11 is 11.1. The standard InChI is InChI=1S/C14H16Cl2N2O3/c1-21-11-5-3-2-4-10(11)13(19)17-6-8-18(9-7-17)14(20)12(15)16/h2-5,12H,6-9H2,1H3. The number of para-hydroxylation sites is 1. The molecule has 0 N–H and O–H groups in total. The molecule has 1 saturated heterocycles. The van der Waals surface area contributed by atoms with Gasteiger partial charge in [0.05, 0.1) is 12.7 Å². The first kappa shape index (κ1) is 15.9. The molecule has 0 bridgehead atoms. The first-order chi connectivity index (χ1) is 10.0. The van der Waals surface area contributed by atoms with Crippen molar-refractivity contribution in [3.8, 4) is 5.75 Å². The Morgan fingerprint density at radius 2 is 1.67 bits per heavy atom. The van der Waals surface area contributed by atoms with Gasteiger partial charge < -0.3 is 14.5 Å². The number of rotatable bonds is 3. The highest BCUT2D eigenvalue weighted by Crippen LogP contribution is 2.20. The summed E-state index contributed by atoms with van der Waals surface area (Å²) in [6.07, 6.45) is 0. The Labute approximate surface area is 133 Å². The summed E-state index contributed by atoms with van der Waals surface area (Å²) in [5.41, 5.74) is 0.521. The SMILES string of the molecule is COc1ccccc1C(=O)N1CCN(C(=O)C(Cl)Cl)CC1. The van der Waals surface area contributed by atoms with Crippen LogP contribution in [-0.4, -0.2) is 59.7 Å². The van der Waals surface area contributed by atoms with Crippen molar-refractivity contribution in [2.45, 2.75) is 4.84 Å². The monoisotopic (exact) mass is 330 g/mol. The number of amides is 2. The Morgan fingerprint density at radius 3 is 2.24 bits per heavy atom. The molecule has 0 spiro atoms. The Balaban J connectivity index is 2.02. The van der Waals surface area contributed by atoms with Crippen LogP contribution in [0.15, 0.2) is 24.3 Å². The normalized spacial score (nSPS) is 15.2. The molecule has 0 aliphatic carbocycles. The maximum Gasteiger partial charge on any atom is 0.257 e. The fourth-order valence-corrected chi connectivity index (χ4v) is 2.54. The fraction of sp³-hybridized carbons (Fsp3) is 0.429. The molecule has 114 valence electrons. The van der Waals surface area contributed by atoms with E-state index in [-0.39, 0.29) is 11.8 Å². The van der Waals surface area contributed by atoms with Crippen LogP contribution >= 0.6 is 23.2 Å². The second-order valence-electron chi connectivity index (χ2n) is 4.62. The van der Waals surface area contributed by atoms with Gasteiger partial charge >= 0.3 is 0 Å². The predicted molar refractivity (Wildman–Crippen MR) is 81.0 cm³/mol. The Bertz CT molecular complexity index is 529. The van der Waals surface area contributed by atoms with Gasteiger partial charge in [0.1, 0.15) is 5.75 Å². The van der Waals surface area contributed by atoms with E-state index in [1.165, 1.54) is 7.11 Å². The zero-order chi connectivity index (χ0) is 15.4. The van der Waals surface area contributed by atoms with Crippen LogP contribution in [0.1, 0.15) is 10.4 Å². The van der Waals surface area contributed by atoms with E-state index in [9.17, 15) is 9.59 Å². The van der Waals surface area contributed by atoms with E-state index in [1.54, 1.807) is 28.0 Å². The maximum absolute atomic E-state index is 12.5. The lowest BCUT2D eigenvalue weighted by Gasteiger charge is -2.35. The third-order valence-electron chi connectivity index (χ3n) is 3.40. The molecule has 5 nitrogen and oxygen atoms in total. The summed E-state index contributed by atoms with van der Waals surface area (Å²) in [6, 6.07) is 7.08. The second-order valence-corrected chi connectivity index (χ2v) is 5.71. The van der Waals surface area contributed by atoms with Crippen LogP contribution < -0.4 is 4.74 Å². The van der Waals surface area contributed by atoms with Gasteiger partial charge in [-0.15, -0.1) is 0 Å². The first-order valence-corrected chi connectivity index (χ1v) is 7.41. The quantitative estimate of drug-likeness (QED) is 0.794. The van der Waals surface area contributed by atoms with E-state index in [0.29, 0.717) is 37.5 Å². The number of carbonyl (C=O) groups excluding carboxylic acids is 2. The molecular weight excluding hydrogens is 315 g/mol. The topological polar surface area (TPSA) is 49.9 Å². The molecule has 1 heterocycles. The van der Waals surface area contributed by atoms with Gasteiger partial charge in [-0.2, -0.15) is 0 Å². The second kappa shape index (κ2) is 7.00. The van der Waals surface area contributed by atoms with Crippen molar-refractivity contribution in [1.82, 2.24) is 9.80 Å². The van der Waals surface area contributed by atoms with Crippen LogP contribution in [-0.2, 0) is 4.79 Å². The number of piperazine rings is 1. The number of hydrogen-bond donors (Lipinski definition) is 0. The third kappa shape index (κ3) is 3.60. The highest BCUT2D eigenvalue weighted by atomic mass is 35.5. The lowest BCUT2D eigenvalue weighted by atomic mass is 10.1. The molecule has 1 aromatic rings. The number of benzene rings is 1. The van der Waals surface area contributed by atoms with E-state index in [4.69, 9.17) is 27.9 Å². The zero-order valence-corrected chi connectivity index (χ0v) is 13.1. The highest BCUT2D eigenvalue weighted by molar-refractivity contribution is 6.53. The van der Waals surface area contributed by atoms with Crippen molar-refractivity contribution in [1.29, 1.82) is 0 Å². The molecular formula is C14H16Cl2N2O3. The molecule has 0 aromatic heterocycles. The van der Waals surface area contributed by atoms with Crippen molar-refractivity contribution in [2.24, 2.45) is 0 Å². The third-order valence-corrected chi connectivity index (χ3v) is 3.78. The molecule has 2 rings (SSSR count). The lowest BCUT2D eigenvalue weighted by molar-refractivity contribution is -0.130. The number of nitrogens with zero attached hydrogens (tertiary/aromatic N) is 2. The van der Waals surface area contributed by atoms with E-state index < -0.39 is 4.84 Å². The molecule has 0 unspecified atom stereocenters. The largest absolute Gasteiger partial charge is 0.496 e. The number of hydrogen-bond acceptors (Lipinski definition) is 3. The van der Waals surface area contributed by atoms with Crippen LogP contribution in [0.2, 0.25) is 0 Å². The minimum Gasteiger partial charge on any atom is -0.496 e. The van der Waals surface area contributed by atoms with Crippen LogP contribution in [0.25, 0.3) is 0 Å². The molecule has 1 aromatic carbocycles. The first-order valence-electron chi connectivity index (χ1n) is 6.54. The molecule has 1 aliphatic rings. The van der Waals surface area contributed by atoms with Crippen molar-refractivity contribution >= 4 is 35.0 Å². The highest BCUT2D eigenvalue weighted by Gasteiger charge is 2.28. The van der Waals surface area contributed by atoms with E-state index in [0.717, 1.165) is 0 Å². The summed E-state index contributed by atoms with van der Waals surface area (Å²) in [5, 5.41) is 0. The van der Waals surface area contributed by atoms with Gasteiger partial charge in [-0.25, -0.2) is 0 Å². The van der Waals surface area contributed by atoms with Gasteiger partial charge in [0.2, 0.25) is 0 Å². The van der Waals surface area contributed by atoms with Gasteiger partial charge in [-0.3, -0.25) is 9.59 Å². The Morgan fingerprint density at radius 1 is 1.10 bits per heavy atom. The van der Waals surface area contributed by atoms with Crippen LogP contribution in [0.3, 0.4) is 0 Å². The molecule has 1 aliphatic heterocycles. The smallest absolute Gasteiger partial charge is 0.257 e. The summed E-state index contributed by atoms with van der Waals surface area (Å²) in [6.45, 7) is 1.75. The predicted octanol–water partition coefficient (Wildman–Crippen LogP) is 1.78. The molecule has 21 heavy (non-hydrogen) atoms. The van der Waals surface area contributed by atoms with E-state index in [1.807, 2.05) is 6.07 Å². The maximum atomic E-state index is 12.5. The molecule has 7 heteroatoms. The van der Waals surface area contributed by atoms with Gasteiger partial charge in [0, 0.05) is 26.2 Å². The average Bonchev–Trinajstić information content (AvgIpc) is 2.53. The number of methoxy groups -OCH3 is 1. The number of ether oxygens (including phenoxy) is 1. The van der Waals surface area contributed by atoms with Gasteiger partial charge in [0.25, 0.3) is 11.8 Å². The molecule has 2 amide bonds. The number of alkyl halides is 2. The minimum atomic E-state index is -1.05. The minimum absolute atomic E-state index is 0.104. The Hall–Kier alpha value is -1.46. The average molecular weight is 331 g/mol.